The largest absolute Gasteiger partial charge is 0.396 e. The summed E-state index contributed by atoms with van der Waals surface area (Å²) >= 11 is 6.17. The van der Waals surface area contributed by atoms with E-state index in [1.165, 1.54) is 0 Å². The molecule has 2 rings (SSSR count). The van der Waals surface area contributed by atoms with E-state index in [0.29, 0.717) is 17.1 Å². The molecule has 2 unspecified atom stereocenters. The van der Waals surface area contributed by atoms with Crippen molar-refractivity contribution < 1.29 is 5.11 Å². The molecule has 0 saturated heterocycles. The zero-order chi connectivity index (χ0) is 13.8. The van der Waals surface area contributed by atoms with Crippen molar-refractivity contribution in [2.45, 2.75) is 52.0 Å². The van der Waals surface area contributed by atoms with Gasteiger partial charge in [0.25, 0.3) is 0 Å². The van der Waals surface area contributed by atoms with Gasteiger partial charge in [-0.1, -0.05) is 24.9 Å². The molecule has 2 N–H and O–H groups in total. The van der Waals surface area contributed by atoms with Crippen LogP contribution in [-0.2, 0) is 6.42 Å². The standard InChI is InChI=1S/C14H22ClN3O/c1-3-5-12-17-13(15)9(2)14(18-12)16-11-7-4-6-10(11)8-19/h10-11,19H,3-8H2,1-2H3,(H,16,17,18). The van der Waals surface area contributed by atoms with Crippen LogP contribution in [0.4, 0.5) is 5.82 Å². The van der Waals surface area contributed by atoms with Crippen molar-refractivity contribution >= 4 is 17.4 Å². The van der Waals surface area contributed by atoms with Gasteiger partial charge in [0.15, 0.2) is 0 Å². The smallest absolute Gasteiger partial charge is 0.137 e. The maximum Gasteiger partial charge on any atom is 0.137 e. The monoisotopic (exact) mass is 283 g/mol. The minimum absolute atomic E-state index is 0.233. The maximum atomic E-state index is 9.38. The number of anilines is 1. The van der Waals surface area contributed by atoms with E-state index in [2.05, 4.69) is 22.2 Å². The quantitative estimate of drug-likeness (QED) is 0.816. The summed E-state index contributed by atoms with van der Waals surface area (Å²) in [6.45, 7) is 4.27. The Labute approximate surface area is 119 Å². The van der Waals surface area contributed by atoms with Gasteiger partial charge >= 0.3 is 0 Å². The Kier molecular flexibility index (Phi) is 4.99. The van der Waals surface area contributed by atoms with Crippen LogP contribution in [0.2, 0.25) is 5.15 Å². The number of nitrogens with zero attached hydrogens (tertiary/aromatic N) is 2. The second kappa shape index (κ2) is 6.53. The van der Waals surface area contributed by atoms with E-state index >= 15 is 0 Å². The lowest BCUT2D eigenvalue weighted by Gasteiger charge is -2.21. The number of aryl methyl sites for hydroxylation is 1. The number of aliphatic hydroxyl groups excluding tert-OH is 1. The Balaban J connectivity index is 2.18. The summed E-state index contributed by atoms with van der Waals surface area (Å²) in [7, 11) is 0. The van der Waals surface area contributed by atoms with E-state index in [1.54, 1.807) is 0 Å². The zero-order valence-electron chi connectivity index (χ0n) is 11.6. The van der Waals surface area contributed by atoms with E-state index in [4.69, 9.17) is 11.6 Å². The number of hydrogen-bond donors (Lipinski definition) is 2. The van der Waals surface area contributed by atoms with Crippen molar-refractivity contribution in [1.82, 2.24) is 9.97 Å². The molecule has 1 heterocycles. The lowest BCUT2D eigenvalue weighted by atomic mass is 10.1. The molecule has 1 aliphatic rings. The van der Waals surface area contributed by atoms with E-state index in [1.807, 2.05) is 6.92 Å². The number of halogens is 1. The highest BCUT2D eigenvalue weighted by atomic mass is 35.5. The highest BCUT2D eigenvalue weighted by Crippen LogP contribution is 2.29. The van der Waals surface area contributed by atoms with Gasteiger partial charge in [-0.05, 0) is 26.2 Å². The fraction of sp³-hybridized carbons (Fsp3) is 0.714. The topological polar surface area (TPSA) is 58.0 Å². The first kappa shape index (κ1) is 14.5. The Morgan fingerprint density at radius 2 is 2.16 bits per heavy atom. The predicted octanol–water partition coefficient (Wildman–Crippen LogP) is 2.96. The molecule has 0 bridgehead atoms. The summed E-state index contributed by atoms with van der Waals surface area (Å²) in [5.74, 6) is 1.94. The highest BCUT2D eigenvalue weighted by Gasteiger charge is 2.27. The fourth-order valence-electron chi connectivity index (χ4n) is 2.63. The van der Waals surface area contributed by atoms with Crippen molar-refractivity contribution in [2.24, 2.45) is 5.92 Å². The van der Waals surface area contributed by atoms with E-state index in [9.17, 15) is 5.11 Å². The molecule has 106 valence electrons. The van der Waals surface area contributed by atoms with Gasteiger partial charge in [-0.2, -0.15) is 0 Å². The van der Waals surface area contributed by atoms with Crippen LogP contribution in [0.25, 0.3) is 0 Å². The second-order valence-corrected chi connectivity index (χ2v) is 5.64. The molecule has 19 heavy (non-hydrogen) atoms. The predicted molar refractivity (Wildman–Crippen MR) is 77.6 cm³/mol. The summed E-state index contributed by atoms with van der Waals surface area (Å²) in [5, 5.41) is 13.4. The molecule has 1 aromatic heterocycles. The lowest BCUT2D eigenvalue weighted by molar-refractivity contribution is 0.222. The summed E-state index contributed by atoms with van der Waals surface area (Å²) < 4.78 is 0. The zero-order valence-corrected chi connectivity index (χ0v) is 12.4. The fourth-order valence-corrected chi connectivity index (χ4v) is 2.82. The third kappa shape index (κ3) is 3.37. The molecule has 5 heteroatoms. The van der Waals surface area contributed by atoms with Crippen molar-refractivity contribution in [2.75, 3.05) is 11.9 Å². The van der Waals surface area contributed by atoms with E-state index in [-0.39, 0.29) is 6.61 Å². The highest BCUT2D eigenvalue weighted by molar-refractivity contribution is 6.30. The molecule has 1 fully saturated rings. The summed E-state index contributed by atoms with van der Waals surface area (Å²) in [6.07, 6.45) is 5.15. The molecule has 1 aliphatic carbocycles. The van der Waals surface area contributed by atoms with Gasteiger partial charge in [0.1, 0.15) is 16.8 Å². The van der Waals surface area contributed by atoms with Crippen molar-refractivity contribution in [3.05, 3.63) is 16.5 Å². The third-order valence-corrected chi connectivity index (χ3v) is 4.19. The lowest BCUT2D eigenvalue weighted by Crippen LogP contribution is -2.27. The first-order valence-corrected chi connectivity index (χ1v) is 7.44. The van der Waals surface area contributed by atoms with Crippen molar-refractivity contribution in [1.29, 1.82) is 0 Å². The molecule has 0 aromatic carbocycles. The minimum Gasteiger partial charge on any atom is -0.396 e. The first-order valence-electron chi connectivity index (χ1n) is 7.06. The molecule has 0 radical (unpaired) electrons. The van der Waals surface area contributed by atoms with Crippen LogP contribution < -0.4 is 5.32 Å². The number of aliphatic hydroxyl groups is 1. The first-order chi connectivity index (χ1) is 9.15. The molecule has 1 saturated carbocycles. The van der Waals surface area contributed by atoms with Crippen LogP contribution in [-0.4, -0.2) is 27.7 Å². The van der Waals surface area contributed by atoms with Gasteiger partial charge < -0.3 is 10.4 Å². The van der Waals surface area contributed by atoms with Gasteiger partial charge in [-0.15, -0.1) is 0 Å². The molecular weight excluding hydrogens is 262 g/mol. The van der Waals surface area contributed by atoms with Crippen LogP contribution in [0, 0.1) is 12.8 Å². The average Bonchev–Trinajstić information content (AvgIpc) is 2.83. The van der Waals surface area contributed by atoms with Gasteiger partial charge in [0, 0.05) is 30.6 Å². The van der Waals surface area contributed by atoms with Crippen molar-refractivity contribution in [3.63, 3.8) is 0 Å². The Morgan fingerprint density at radius 1 is 1.37 bits per heavy atom. The molecular formula is C14H22ClN3O. The molecule has 0 aliphatic heterocycles. The molecule has 4 nitrogen and oxygen atoms in total. The van der Waals surface area contributed by atoms with Crippen LogP contribution in [0.1, 0.15) is 44.0 Å². The Hall–Kier alpha value is -0.870. The van der Waals surface area contributed by atoms with Gasteiger partial charge in [-0.3, -0.25) is 0 Å². The van der Waals surface area contributed by atoms with Crippen molar-refractivity contribution in [3.8, 4) is 0 Å². The number of rotatable bonds is 5. The summed E-state index contributed by atoms with van der Waals surface area (Å²) in [4.78, 5) is 8.87. The second-order valence-electron chi connectivity index (χ2n) is 5.28. The van der Waals surface area contributed by atoms with E-state index < -0.39 is 0 Å². The maximum absolute atomic E-state index is 9.38. The molecule has 0 spiro atoms. The van der Waals surface area contributed by atoms with E-state index in [0.717, 1.165) is 49.3 Å². The molecule has 0 amide bonds. The summed E-state index contributed by atoms with van der Waals surface area (Å²) in [6, 6.07) is 0.296. The average molecular weight is 284 g/mol. The molecule has 1 aromatic rings. The van der Waals surface area contributed by atoms with Crippen LogP contribution in [0.3, 0.4) is 0 Å². The number of hydrogen-bond acceptors (Lipinski definition) is 4. The minimum atomic E-state index is 0.233. The third-order valence-electron chi connectivity index (χ3n) is 3.82. The SMILES string of the molecule is CCCc1nc(Cl)c(C)c(NC2CCCC2CO)n1. The van der Waals surface area contributed by atoms with Gasteiger partial charge in [0.2, 0.25) is 0 Å². The van der Waals surface area contributed by atoms with Crippen LogP contribution in [0.5, 0.6) is 0 Å². The number of aromatic nitrogens is 2. The molecule has 2 atom stereocenters. The Morgan fingerprint density at radius 3 is 2.84 bits per heavy atom. The van der Waals surface area contributed by atoms with Gasteiger partial charge in [0.05, 0.1) is 0 Å². The van der Waals surface area contributed by atoms with Gasteiger partial charge in [-0.25, -0.2) is 9.97 Å². The normalized spacial score (nSPS) is 22.7. The summed E-state index contributed by atoms with van der Waals surface area (Å²) in [5.41, 5.74) is 0.894. The van der Waals surface area contributed by atoms with Crippen LogP contribution >= 0.6 is 11.6 Å². The van der Waals surface area contributed by atoms with Crippen LogP contribution in [0.15, 0.2) is 0 Å². The Bertz CT molecular complexity index is 439. The number of nitrogens with one attached hydrogen (secondary N) is 1.